The first-order chi connectivity index (χ1) is 9.20. The number of nitrogens with zero attached hydrogens (tertiary/aromatic N) is 2. The van der Waals surface area contributed by atoms with Gasteiger partial charge in [0.05, 0.1) is 6.54 Å². The summed E-state index contributed by atoms with van der Waals surface area (Å²) >= 11 is 0. The molecule has 1 aliphatic rings. The average molecular weight is 307 g/mol. The Morgan fingerprint density at radius 3 is 2.60 bits per heavy atom. The summed E-state index contributed by atoms with van der Waals surface area (Å²) in [5.41, 5.74) is -0.0938. The number of carbonyl (C=O) groups excluding carboxylic acids is 1. The van der Waals surface area contributed by atoms with Crippen molar-refractivity contribution in [1.29, 1.82) is 0 Å². The third-order valence-corrected chi connectivity index (χ3v) is 4.05. The van der Waals surface area contributed by atoms with Gasteiger partial charge in [-0.25, -0.2) is 22.3 Å². The number of aromatic nitrogens is 1. The molecule has 1 heterocycles. The number of rotatable bonds is 5. The predicted octanol–water partition coefficient (Wildman–Crippen LogP) is 0.635. The summed E-state index contributed by atoms with van der Waals surface area (Å²) in [4.78, 5) is 13.3. The number of alkyl halides is 2. The number of hydrogen-bond acceptors (Lipinski definition) is 3. The predicted molar refractivity (Wildman–Crippen MR) is 66.9 cm³/mol. The van der Waals surface area contributed by atoms with Crippen LogP contribution in [0.4, 0.5) is 8.78 Å². The fourth-order valence-corrected chi connectivity index (χ4v) is 2.48. The third-order valence-electron chi connectivity index (χ3n) is 3.17. The van der Waals surface area contributed by atoms with Crippen LogP contribution >= 0.6 is 0 Å². The minimum absolute atomic E-state index is 0.0929. The highest BCUT2D eigenvalue weighted by molar-refractivity contribution is 7.89. The molecular formula is C11H15F2N3O3S. The molecular weight excluding hydrogens is 292 g/mol. The molecule has 2 rings (SSSR count). The Labute approximate surface area is 115 Å². The molecule has 1 aliphatic carbocycles. The number of primary sulfonamides is 1. The van der Waals surface area contributed by atoms with Crippen molar-refractivity contribution in [3.05, 3.63) is 18.0 Å². The molecule has 1 amide bonds. The quantitative estimate of drug-likeness (QED) is 0.866. The van der Waals surface area contributed by atoms with Crippen LogP contribution in [0.2, 0.25) is 0 Å². The van der Waals surface area contributed by atoms with E-state index in [1.165, 1.54) is 4.90 Å². The smallest absolute Gasteiger partial charge is 0.270 e. The summed E-state index contributed by atoms with van der Waals surface area (Å²) in [5, 5.41) is 4.96. The van der Waals surface area contributed by atoms with Crippen molar-refractivity contribution in [3.63, 3.8) is 0 Å². The van der Waals surface area contributed by atoms with Gasteiger partial charge in [0.2, 0.25) is 10.0 Å². The molecule has 1 saturated carbocycles. The van der Waals surface area contributed by atoms with Gasteiger partial charge in [0, 0.05) is 19.3 Å². The number of carbonyl (C=O) groups is 1. The van der Waals surface area contributed by atoms with E-state index in [2.05, 4.69) is 0 Å². The molecule has 0 aromatic carbocycles. The van der Waals surface area contributed by atoms with Gasteiger partial charge < -0.3 is 9.47 Å². The lowest BCUT2D eigenvalue weighted by Crippen LogP contribution is -2.31. The summed E-state index contributed by atoms with van der Waals surface area (Å²) in [6.45, 7) is -0.755. The second-order valence-electron chi connectivity index (χ2n) is 4.80. The molecule has 20 heavy (non-hydrogen) atoms. The number of hydrogen-bond donors (Lipinski definition) is 1. The first-order valence-electron chi connectivity index (χ1n) is 5.98. The summed E-state index contributed by atoms with van der Waals surface area (Å²) < 4.78 is 48.5. The maximum atomic E-state index is 12.5. The lowest BCUT2D eigenvalue weighted by atomic mass is 10.3. The van der Waals surface area contributed by atoms with E-state index in [-0.39, 0.29) is 16.6 Å². The van der Waals surface area contributed by atoms with Gasteiger partial charge in [-0.1, -0.05) is 0 Å². The highest BCUT2D eigenvalue weighted by Gasteiger charge is 2.32. The highest BCUT2D eigenvalue weighted by atomic mass is 32.2. The zero-order valence-corrected chi connectivity index (χ0v) is 11.6. The van der Waals surface area contributed by atoms with Gasteiger partial charge in [-0.2, -0.15) is 0 Å². The minimum atomic E-state index is -4.04. The Morgan fingerprint density at radius 2 is 2.15 bits per heavy atom. The second kappa shape index (κ2) is 5.13. The molecule has 0 unspecified atom stereocenters. The Bertz CT molecular complexity index is 623. The van der Waals surface area contributed by atoms with Crippen LogP contribution in [-0.2, 0) is 16.6 Å². The van der Waals surface area contributed by atoms with E-state index in [4.69, 9.17) is 5.14 Å². The van der Waals surface area contributed by atoms with E-state index < -0.39 is 28.9 Å². The first-order valence-corrected chi connectivity index (χ1v) is 7.53. The standard InChI is InChI=1S/C11H15F2N3O3S/c1-15(7-2-3-7)11(17)9-4-8(20(14,18)19)5-16(9)6-10(12)13/h4-5,7,10H,2-3,6H2,1H3,(H2,14,18,19). The lowest BCUT2D eigenvalue weighted by molar-refractivity contribution is 0.0764. The van der Waals surface area contributed by atoms with Crippen molar-refractivity contribution >= 4 is 15.9 Å². The topological polar surface area (TPSA) is 85.4 Å². The lowest BCUT2D eigenvalue weighted by Gasteiger charge is -2.17. The molecule has 0 aliphatic heterocycles. The van der Waals surface area contributed by atoms with E-state index in [0.29, 0.717) is 0 Å². The van der Waals surface area contributed by atoms with Crippen molar-refractivity contribution < 1.29 is 22.0 Å². The van der Waals surface area contributed by atoms with Gasteiger partial charge >= 0.3 is 0 Å². The van der Waals surface area contributed by atoms with Crippen LogP contribution in [0.15, 0.2) is 17.2 Å². The molecule has 0 radical (unpaired) electrons. The average Bonchev–Trinajstić information content (AvgIpc) is 3.07. The molecule has 9 heteroatoms. The summed E-state index contributed by atoms with van der Waals surface area (Å²) in [7, 11) is -2.47. The molecule has 112 valence electrons. The normalized spacial score (nSPS) is 15.7. The van der Waals surface area contributed by atoms with E-state index >= 15 is 0 Å². The molecule has 1 aromatic rings. The van der Waals surface area contributed by atoms with Crippen LogP contribution in [0.1, 0.15) is 23.3 Å². The number of nitrogens with two attached hydrogens (primary N) is 1. The van der Waals surface area contributed by atoms with Gasteiger partial charge in [0.15, 0.2) is 0 Å². The van der Waals surface area contributed by atoms with Crippen LogP contribution in [-0.4, -0.2) is 43.3 Å². The fraction of sp³-hybridized carbons (Fsp3) is 0.545. The maximum Gasteiger partial charge on any atom is 0.270 e. The Hall–Kier alpha value is -1.48. The SMILES string of the molecule is CN(C(=O)c1cc(S(N)(=O)=O)cn1CC(F)F)C1CC1. The fourth-order valence-electron chi connectivity index (χ4n) is 1.93. The first kappa shape index (κ1) is 14.9. The van der Waals surface area contributed by atoms with E-state index in [9.17, 15) is 22.0 Å². The van der Waals surface area contributed by atoms with Gasteiger partial charge in [-0.15, -0.1) is 0 Å². The molecule has 2 N–H and O–H groups in total. The van der Waals surface area contributed by atoms with Crippen molar-refractivity contribution in [2.45, 2.75) is 36.7 Å². The van der Waals surface area contributed by atoms with Crippen molar-refractivity contribution in [2.75, 3.05) is 7.05 Å². The molecule has 0 saturated heterocycles. The second-order valence-corrected chi connectivity index (χ2v) is 6.36. The summed E-state index contributed by atoms with van der Waals surface area (Å²) in [6, 6.07) is 1.13. The van der Waals surface area contributed by atoms with E-state index in [0.717, 1.165) is 29.7 Å². The van der Waals surface area contributed by atoms with Crippen LogP contribution in [0.3, 0.4) is 0 Å². The van der Waals surface area contributed by atoms with Crippen molar-refractivity contribution in [1.82, 2.24) is 9.47 Å². The monoisotopic (exact) mass is 307 g/mol. The maximum absolute atomic E-state index is 12.5. The van der Waals surface area contributed by atoms with Crippen LogP contribution in [0.25, 0.3) is 0 Å². The number of halogens is 2. The Morgan fingerprint density at radius 1 is 1.55 bits per heavy atom. The van der Waals surface area contributed by atoms with Crippen LogP contribution in [0, 0.1) is 0 Å². The van der Waals surface area contributed by atoms with E-state index in [1.54, 1.807) is 7.05 Å². The van der Waals surface area contributed by atoms with E-state index in [1.807, 2.05) is 0 Å². The largest absolute Gasteiger partial charge is 0.337 e. The Kier molecular flexibility index (Phi) is 3.83. The minimum Gasteiger partial charge on any atom is -0.337 e. The zero-order chi connectivity index (χ0) is 15.1. The van der Waals surface area contributed by atoms with Gasteiger partial charge in [0.25, 0.3) is 12.3 Å². The Balaban J connectivity index is 2.38. The van der Waals surface area contributed by atoms with Crippen molar-refractivity contribution in [2.24, 2.45) is 5.14 Å². The zero-order valence-electron chi connectivity index (χ0n) is 10.8. The van der Waals surface area contributed by atoms with Gasteiger partial charge in [-0.3, -0.25) is 4.79 Å². The number of sulfonamides is 1. The summed E-state index contributed by atoms with van der Waals surface area (Å²) in [5.74, 6) is -0.483. The molecule has 1 aromatic heterocycles. The van der Waals surface area contributed by atoms with Crippen LogP contribution < -0.4 is 5.14 Å². The molecule has 1 fully saturated rings. The summed E-state index contributed by atoms with van der Waals surface area (Å²) in [6.07, 6.45) is -0.0108. The number of amides is 1. The molecule has 0 spiro atoms. The third kappa shape index (κ3) is 3.15. The highest BCUT2D eigenvalue weighted by Crippen LogP contribution is 2.27. The van der Waals surface area contributed by atoms with Crippen LogP contribution in [0.5, 0.6) is 0 Å². The molecule has 6 nitrogen and oxygen atoms in total. The van der Waals surface area contributed by atoms with Gasteiger partial charge in [0.1, 0.15) is 10.6 Å². The van der Waals surface area contributed by atoms with Gasteiger partial charge in [-0.05, 0) is 18.9 Å². The molecule has 0 bridgehead atoms. The molecule has 0 atom stereocenters. The van der Waals surface area contributed by atoms with Crippen molar-refractivity contribution in [3.8, 4) is 0 Å².